The molecule has 0 radical (unpaired) electrons. The maximum atomic E-state index is 5.87. The molecule has 1 N–H and O–H groups in total. The van der Waals surface area contributed by atoms with Crippen LogP contribution < -0.4 is 10.1 Å². The summed E-state index contributed by atoms with van der Waals surface area (Å²) in [5.41, 5.74) is 2.20. The maximum absolute atomic E-state index is 5.87. The molecular weight excluding hydrogens is 250 g/mol. The molecule has 1 aromatic carbocycles. The van der Waals surface area contributed by atoms with Crippen LogP contribution in [-0.2, 0) is 13.0 Å². The van der Waals surface area contributed by atoms with E-state index in [1.165, 1.54) is 0 Å². The van der Waals surface area contributed by atoms with Crippen LogP contribution in [0.3, 0.4) is 0 Å². The summed E-state index contributed by atoms with van der Waals surface area (Å²) in [6, 6.07) is 10.1. The van der Waals surface area contributed by atoms with Crippen LogP contribution >= 0.6 is 0 Å². The number of ether oxygens (including phenoxy) is 1. The van der Waals surface area contributed by atoms with Gasteiger partial charge < -0.3 is 10.1 Å². The number of rotatable bonds is 7. The second-order valence-corrected chi connectivity index (χ2v) is 4.56. The van der Waals surface area contributed by atoms with Gasteiger partial charge in [0.1, 0.15) is 18.8 Å². The molecule has 0 spiro atoms. The highest BCUT2D eigenvalue weighted by Crippen LogP contribution is 2.24. The van der Waals surface area contributed by atoms with E-state index in [4.69, 9.17) is 4.74 Å². The van der Waals surface area contributed by atoms with Gasteiger partial charge in [0.15, 0.2) is 0 Å². The SMILES string of the molecule is CCCc1c(NCC)ncnc1OCc1ccccc1. The lowest BCUT2D eigenvalue weighted by atomic mass is 10.1. The highest BCUT2D eigenvalue weighted by Gasteiger charge is 2.11. The molecular formula is C16H21N3O. The Bertz CT molecular complexity index is 529. The molecule has 0 aliphatic heterocycles. The smallest absolute Gasteiger partial charge is 0.222 e. The Morgan fingerprint density at radius 2 is 1.90 bits per heavy atom. The minimum absolute atomic E-state index is 0.528. The predicted molar refractivity (Wildman–Crippen MR) is 81.0 cm³/mol. The number of nitrogens with zero attached hydrogens (tertiary/aromatic N) is 2. The van der Waals surface area contributed by atoms with Crippen LogP contribution in [0.4, 0.5) is 5.82 Å². The van der Waals surface area contributed by atoms with Gasteiger partial charge in [0.25, 0.3) is 0 Å². The first-order valence-corrected chi connectivity index (χ1v) is 7.09. The number of hydrogen-bond acceptors (Lipinski definition) is 4. The van der Waals surface area contributed by atoms with E-state index in [-0.39, 0.29) is 0 Å². The Balaban J connectivity index is 2.15. The van der Waals surface area contributed by atoms with Crippen molar-refractivity contribution in [3.05, 3.63) is 47.8 Å². The maximum Gasteiger partial charge on any atom is 0.222 e. The van der Waals surface area contributed by atoms with E-state index in [0.29, 0.717) is 12.5 Å². The van der Waals surface area contributed by atoms with Crippen molar-refractivity contribution in [3.8, 4) is 5.88 Å². The van der Waals surface area contributed by atoms with Gasteiger partial charge in [-0.2, -0.15) is 0 Å². The van der Waals surface area contributed by atoms with Crippen LogP contribution in [0.25, 0.3) is 0 Å². The molecule has 0 amide bonds. The molecule has 0 bridgehead atoms. The number of benzene rings is 1. The second-order valence-electron chi connectivity index (χ2n) is 4.56. The van der Waals surface area contributed by atoms with E-state index < -0.39 is 0 Å². The standard InChI is InChI=1S/C16H21N3O/c1-3-8-14-15(17-4-2)18-12-19-16(14)20-11-13-9-6-5-7-10-13/h5-7,9-10,12H,3-4,8,11H2,1-2H3,(H,17,18,19). The largest absolute Gasteiger partial charge is 0.472 e. The highest BCUT2D eigenvalue weighted by molar-refractivity contribution is 5.48. The van der Waals surface area contributed by atoms with Crippen molar-refractivity contribution >= 4 is 5.82 Å². The second kappa shape index (κ2) is 7.48. The summed E-state index contributed by atoms with van der Waals surface area (Å²) in [7, 11) is 0. The van der Waals surface area contributed by atoms with Crippen LogP contribution in [-0.4, -0.2) is 16.5 Å². The molecule has 2 rings (SSSR count). The van der Waals surface area contributed by atoms with Gasteiger partial charge in [0, 0.05) is 6.54 Å². The van der Waals surface area contributed by atoms with Gasteiger partial charge in [-0.05, 0) is 18.9 Å². The van der Waals surface area contributed by atoms with Crippen LogP contribution in [0, 0.1) is 0 Å². The van der Waals surface area contributed by atoms with Gasteiger partial charge in [0.05, 0.1) is 5.56 Å². The van der Waals surface area contributed by atoms with Crippen molar-refractivity contribution in [2.24, 2.45) is 0 Å². The molecule has 0 aliphatic carbocycles. The first-order chi connectivity index (χ1) is 9.85. The molecule has 4 nitrogen and oxygen atoms in total. The monoisotopic (exact) mass is 271 g/mol. The molecule has 0 aliphatic rings. The molecule has 0 fully saturated rings. The molecule has 1 aromatic heterocycles. The third kappa shape index (κ3) is 3.70. The van der Waals surface area contributed by atoms with Crippen molar-refractivity contribution in [2.45, 2.75) is 33.3 Å². The molecule has 1 heterocycles. The molecule has 0 unspecified atom stereocenters. The molecule has 20 heavy (non-hydrogen) atoms. The summed E-state index contributed by atoms with van der Waals surface area (Å²) in [6.07, 6.45) is 3.50. The Kier molecular flexibility index (Phi) is 5.35. The minimum Gasteiger partial charge on any atom is -0.472 e. The zero-order valence-electron chi connectivity index (χ0n) is 12.1. The lowest BCUT2D eigenvalue weighted by Gasteiger charge is -2.13. The van der Waals surface area contributed by atoms with Crippen LogP contribution in [0.5, 0.6) is 5.88 Å². The molecule has 0 saturated heterocycles. The zero-order chi connectivity index (χ0) is 14.2. The Hall–Kier alpha value is -2.10. The number of hydrogen-bond donors (Lipinski definition) is 1. The lowest BCUT2D eigenvalue weighted by molar-refractivity contribution is 0.290. The molecule has 106 valence electrons. The fraction of sp³-hybridized carbons (Fsp3) is 0.375. The summed E-state index contributed by atoms with van der Waals surface area (Å²) in [4.78, 5) is 8.58. The quantitative estimate of drug-likeness (QED) is 0.838. The van der Waals surface area contributed by atoms with Crippen LogP contribution in [0.2, 0.25) is 0 Å². The first-order valence-electron chi connectivity index (χ1n) is 7.09. The molecule has 4 heteroatoms. The van der Waals surface area contributed by atoms with Crippen molar-refractivity contribution in [3.63, 3.8) is 0 Å². The van der Waals surface area contributed by atoms with Gasteiger partial charge in [0.2, 0.25) is 5.88 Å². The van der Waals surface area contributed by atoms with Crippen LogP contribution in [0.1, 0.15) is 31.4 Å². The summed E-state index contributed by atoms with van der Waals surface area (Å²) in [5, 5.41) is 3.27. The fourth-order valence-electron chi connectivity index (χ4n) is 2.04. The third-order valence-electron chi connectivity index (χ3n) is 2.97. The van der Waals surface area contributed by atoms with E-state index in [9.17, 15) is 0 Å². The number of aromatic nitrogens is 2. The van der Waals surface area contributed by atoms with E-state index in [2.05, 4.69) is 29.1 Å². The Morgan fingerprint density at radius 1 is 1.10 bits per heavy atom. The van der Waals surface area contributed by atoms with Gasteiger partial charge in [-0.3, -0.25) is 0 Å². The van der Waals surface area contributed by atoms with Gasteiger partial charge in [-0.25, -0.2) is 9.97 Å². The average molecular weight is 271 g/mol. The fourth-order valence-corrected chi connectivity index (χ4v) is 2.04. The molecule has 2 aromatic rings. The summed E-state index contributed by atoms with van der Waals surface area (Å²) < 4.78 is 5.87. The number of nitrogens with one attached hydrogen (secondary N) is 1. The first kappa shape index (κ1) is 14.3. The Labute approximate surface area is 120 Å². The van der Waals surface area contributed by atoms with Crippen molar-refractivity contribution in [2.75, 3.05) is 11.9 Å². The topological polar surface area (TPSA) is 47.0 Å². The van der Waals surface area contributed by atoms with Crippen molar-refractivity contribution in [1.82, 2.24) is 9.97 Å². The van der Waals surface area contributed by atoms with E-state index in [1.807, 2.05) is 30.3 Å². The molecule has 0 saturated carbocycles. The van der Waals surface area contributed by atoms with E-state index >= 15 is 0 Å². The van der Waals surface area contributed by atoms with E-state index in [0.717, 1.165) is 36.3 Å². The normalized spacial score (nSPS) is 10.3. The summed E-state index contributed by atoms with van der Waals surface area (Å²) >= 11 is 0. The lowest BCUT2D eigenvalue weighted by Crippen LogP contribution is -2.08. The predicted octanol–water partition coefficient (Wildman–Crippen LogP) is 3.44. The molecule has 0 atom stereocenters. The summed E-state index contributed by atoms with van der Waals surface area (Å²) in [6.45, 7) is 5.57. The van der Waals surface area contributed by atoms with E-state index in [1.54, 1.807) is 6.33 Å². The van der Waals surface area contributed by atoms with Crippen molar-refractivity contribution in [1.29, 1.82) is 0 Å². The van der Waals surface area contributed by atoms with Crippen molar-refractivity contribution < 1.29 is 4.74 Å². The number of anilines is 1. The zero-order valence-corrected chi connectivity index (χ0v) is 12.1. The van der Waals surface area contributed by atoms with Gasteiger partial charge in [-0.15, -0.1) is 0 Å². The third-order valence-corrected chi connectivity index (χ3v) is 2.97. The van der Waals surface area contributed by atoms with Gasteiger partial charge in [-0.1, -0.05) is 43.7 Å². The Morgan fingerprint density at radius 3 is 2.60 bits per heavy atom. The van der Waals surface area contributed by atoms with Crippen LogP contribution in [0.15, 0.2) is 36.7 Å². The minimum atomic E-state index is 0.528. The highest BCUT2D eigenvalue weighted by atomic mass is 16.5. The van der Waals surface area contributed by atoms with Gasteiger partial charge >= 0.3 is 0 Å². The average Bonchev–Trinajstić information content (AvgIpc) is 2.49. The summed E-state index contributed by atoms with van der Waals surface area (Å²) in [5.74, 6) is 1.56.